The molecule has 1 aromatic carbocycles. The molecule has 2 atom stereocenters. The summed E-state index contributed by atoms with van der Waals surface area (Å²) in [7, 11) is 1.82. The largest absolute Gasteiger partial charge is 0.367 e. The standard InChI is InChI=1S/C14H19N3OS/c1-9-8-19-6-5-17(9)10-3-4-11-12(7-10)16-14(18)13(11)15-2/h3-4,7,9,13,15H,5-6,8H2,1-2H3,(H,16,18). The van der Waals surface area contributed by atoms with Gasteiger partial charge in [-0.3, -0.25) is 4.79 Å². The van der Waals surface area contributed by atoms with Crippen LogP contribution in [0.5, 0.6) is 0 Å². The number of benzene rings is 1. The fourth-order valence-corrected chi connectivity index (χ4v) is 3.84. The number of carbonyl (C=O) groups excluding carboxylic acids is 1. The molecule has 2 aliphatic heterocycles. The maximum absolute atomic E-state index is 11.8. The zero-order valence-electron chi connectivity index (χ0n) is 11.3. The topological polar surface area (TPSA) is 44.4 Å². The molecule has 1 aromatic rings. The van der Waals surface area contributed by atoms with Gasteiger partial charge in [0.2, 0.25) is 5.91 Å². The van der Waals surface area contributed by atoms with E-state index in [0.29, 0.717) is 6.04 Å². The third-order valence-corrected chi connectivity index (χ3v) is 5.05. The van der Waals surface area contributed by atoms with Crippen LogP contribution in [0.2, 0.25) is 0 Å². The molecule has 1 amide bonds. The molecule has 1 fully saturated rings. The summed E-state index contributed by atoms with van der Waals surface area (Å²) in [6.07, 6.45) is 0. The van der Waals surface area contributed by atoms with E-state index in [9.17, 15) is 4.79 Å². The van der Waals surface area contributed by atoms with Crippen LogP contribution < -0.4 is 15.5 Å². The molecular formula is C14H19N3OS. The minimum absolute atomic E-state index is 0.0388. The van der Waals surface area contributed by atoms with Gasteiger partial charge in [0, 0.05) is 41.0 Å². The first-order valence-electron chi connectivity index (χ1n) is 6.67. The van der Waals surface area contributed by atoms with Crippen LogP contribution in [0, 0.1) is 0 Å². The molecule has 0 bridgehead atoms. The molecule has 2 N–H and O–H groups in total. The fraction of sp³-hybridized carbons (Fsp3) is 0.500. The van der Waals surface area contributed by atoms with Crippen LogP contribution in [0.3, 0.4) is 0 Å². The molecule has 1 saturated heterocycles. The highest BCUT2D eigenvalue weighted by atomic mass is 32.2. The number of nitrogens with zero attached hydrogens (tertiary/aromatic N) is 1. The molecule has 2 aliphatic rings. The van der Waals surface area contributed by atoms with Crippen molar-refractivity contribution in [2.45, 2.75) is 19.0 Å². The first kappa shape index (κ1) is 12.8. The molecule has 0 spiro atoms. The van der Waals surface area contributed by atoms with Crippen LogP contribution >= 0.6 is 11.8 Å². The Hall–Kier alpha value is -1.20. The lowest BCUT2D eigenvalue weighted by Gasteiger charge is -2.35. The van der Waals surface area contributed by atoms with Crippen molar-refractivity contribution in [1.82, 2.24) is 5.32 Å². The van der Waals surface area contributed by atoms with Gasteiger partial charge in [-0.05, 0) is 26.1 Å². The molecule has 102 valence electrons. The summed E-state index contributed by atoms with van der Waals surface area (Å²) in [6, 6.07) is 6.65. The van der Waals surface area contributed by atoms with E-state index in [-0.39, 0.29) is 11.9 Å². The molecule has 5 heteroatoms. The van der Waals surface area contributed by atoms with Gasteiger partial charge in [0.15, 0.2) is 0 Å². The highest BCUT2D eigenvalue weighted by Crippen LogP contribution is 2.35. The maximum Gasteiger partial charge on any atom is 0.246 e. The predicted molar refractivity (Wildman–Crippen MR) is 81.0 cm³/mol. The van der Waals surface area contributed by atoms with E-state index >= 15 is 0 Å². The molecule has 2 unspecified atom stereocenters. The Morgan fingerprint density at radius 1 is 1.47 bits per heavy atom. The number of hydrogen-bond donors (Lipinski definition) is 2. The van der Waals surface area contributed by atoms with Crippen LogP contribution in [-0.2, 0) is 4.79 Å². The Bertz CT molecular complexity index is 505. The second-order valence-corrected chi connectivity index (χ2v) is 6.25. The number of carbonyl (C=O) groups is 1. The lowest BCUT2D eigenvalue weighted by Crippen LogP contribution is -2.40. The Morgan fingerprint density at radius 3 is 3.05 bits per heavy atom. The summed E-state index contributed by atoms with van der Waals surface area (Å²) in [5.41, 5.74) is 3.21. The molecule has 19 heavy (non-hydrogen) atoms. The summed E-state index contributed by atoms with van der Waals surface area (Å²) in [5, 5.41) is 6.01. The maximum atomic E-state index is 11.8. The fourth-order valence-electron chi connectivity index (χ4n) is 2.83. The molecule has 0 aliphatic carbocycles. The van der Waals surface area contributed by atoms with Gasteiger partial charge in [-0.25, -0.2) is 0 Å². The van der Waals surface area contributed by atoms with Crippen LogP contribution in [-0.4, -0.2) is 37.0 Å². The van der Waals surface area contributed by atoms with Crippen molar-refractivity contribution >= 4 is 29.0 Å². The second kappa shape index (κ2) is 5.06. The zero-order valence-corrected chi connectivity index (χ0v) is 12.1. The van der Waals surface area contributed by atoms with Gasteiger partial charge in [0.05, 0.1) is 0 Å². The first-order chi connectivity index (χ1) is 9.20. The number of nitrogens with one attached hydrogen (secondary N) is 2. The number of hydrogen-bond acceptors (Lipinski definition) is 4. The zero-order chi connectivity index (χ0) is 13.4. The van der Waals surface area contributed by atoms with Crippen molar-refractivity contribution in [3.05, 3.63) is 23.8 Å². The molecular weight excluding hydrogens is 258 g/mol. The van der Waals surface area contributed by atoms with Crippen molar-refractivity contribution in [2.24, 2.45) is 0 Å². The third-order valence-electron chi connectivity index (χ3n) is 3.86. The molecule has 3 rings (SSSR count). The number of likely N-dealkylation sites (N-methyl/N-ethyl adjacent to an activating group) is 1. The molecule has 0 saturated carbocycles. The third kappa shape index (κ3) is 2.21. The van der Waals surface area contributed by atoms with E-state index in [1.807, 2.05) is 18.8 Å². The highest BCUT2D eigenvalue weighted by Gasteiger charge is 2.30. The van der Waals surface area contributed by atoms with Crippen molar-refractivity contribution in [3.63, 3.8) is 0 Å². The van der Waals surface area contributed by atoms with E-state index in [1.165, 1.54) is 17.2 Å². The summed E-state index contributed by atoms with van der Waals surface area (Å²) >= 11 is 2.01. The number of rotatable bonds is 2. The number of fused-ring (bicyclic) bond motifs is 1. The van der Waals surface area contributed by atoms with Gasteiger partial charge in [-0.1, -0.05) is 6.07 Å². The van der Waals surface area contributed by atoms with Gasteiger partial charge in [-0.2, -0.15) is 11.8 Å². The Morgan fingerprint density at radius 2 is 2.32 bits per heavy atom. The van der Waals surface area contributed by atoms with Crippen molar-refractivity contribution in [2.75, 3.05) is 35.3 Å². The van der Waals surface area contributed by atoms with E-state index < -0.39 is 0 Å². The van der Waals surface area contributed by atoms with Crippen LogP contribution in [0.15, 0.2) is 18.2 Å². The minimum Gasteiger partial charge on any atom is -0.367 e. The summed E-state index contributed by atoms with van der Waals surface area (Å²) in [6.45, 7) is 3.34. The lowest BCUT2D eigenvalue weighted by atomic mass is 10.1. The molecule has 0 radical (unpaired) electrons. The predicted octanol–water partition coefficient (Wildman–Crippen LogP) is 1.84. The molecule has 4 nitrogen and oxygen atoms in total. The van der Waals surface area contributed by atoms with Gasteiger partial charge in [0.1, 0.15) is 6.04 Å². The molecule has 2 heterocycles. The highest BCUT2D eigenvalue weighted by molar-refractivity contribution is 7.99. The quantitative estimate of drug-likeness (QED) is 0.866. The number of thioether (sulfide) groups is 1. The van der Waals surface area contributed by atoms with E-state index in [1.54, 1.807) is 0 Å². The number of amides is 1. The Labute approximate surface area is 117 Å². The first-order valence-corrected chi connectivity index (χ1v) is 7.82. The van der Waals surface area contributed by atoms with Crippen LogP contribution in [0.1, 0.15) is 18.5 Å². The summed E-state index contributed by atoms with van der Waals surface area (Å²) < 4.78 is 0. The average molecular weight is 277 g/mol. The summed E-state index contributed by atoms with van der Waals surface area (Å²) in [4.78, 5) is 14.2. The van der Waals surface area contributed by atoms with Gasteiger partial charge in [-0.15, -0.1) is 0 Å². The van der Waals surface area contributed by atoms with Crippen LogP contribution in [0.25, 0.3) is 0 Å². The van der Waals surface area contributed by atoms with Gasteiger partial charge in [0.25, 0.3) is 0 Å². The Kier molecular flexibility index (Phi) is 3.41. The van der Waals surface area contributed by atoms with Crippen molar-refractivity contribution < 1.29 is 4.79 Å². The Balaban J connectivity index is 1.90. The lowest BCUT2D eigenvalue weighted by molar-refractivity contribution is -0.117. The van der Waals surface area contributed by atoms with E-state index in [0.717, 1.165) is 17.8 Å². The van der Waals surface area contributed by atoms with Gasteiger partial charge >= 0.3 is 0 Å². The SMILES string of the molecule is CNC1C(=O)Nc2cc(N3CCSCC3C)ccc21. The van der Waals surface area contributed by atoms with E-state index in [2.05, 4.69) is 40.7 Å². The molecule has 0 aromatic heterocycles. The number of anilines is 2. The average Bonchev–Trinajstić information content (AvgIpc) is 2.73. The van der Waals surface area contributed by atoms with Crippen LogP contribution in [0.4, 0.5) is 11.4 Å². The van der Waals surface area contributed by atoms with Gasteiger partial charge < -0.3 is 15.5 Å². The summed E-state index contributed by atoms with van der Waals surface area (Å²) in [5.74, 6) is 2.38. The monoisotopic (exact) mass is 277 g/mol. The minimum atomic E-state index is -0.210. The van der Waals surface area contributed by atoms with E-state index in [4.69, 9.17) is 0 Å². The second-order valence-electron chi connectivity index (χ2n) is 5.10. The van der Waals surface area contributed by atoms with Crippen molar-refractivity contribution in [1.29, 1.82) is 0 Å². The smallest absolute Gasteiger partial charge is 0.246 e. The normalized spacial score (nSPS) is 26.2. The van der Waals surface area contributed by atoms with Crippen molar-refractivity contribution in [3.8, 4) is 0 Å².